The van der Waals surface area contributed by atoms with E-state index in [1.165, 1.54) is 17.1 Å². The first kappa shape index (κ1) is 25.5. The van der Waals surface area contributed by atoms with Crippen LogP contribution in [-0.4, -0.2) is 23.3 Å². The summed E-state index contributed by atoms with van der Waals surface area (Å²) in [5.41, 5.74) is 2.71. The lowest BCUT2D eigenvalue weighted by molar-refractivity contribution is -0.137. The minimum atomic E-state index is -4.57. The molecular weight excluding hydrogens is 511 g/mol. The van der Waals surface area contributed by atoms with Crippen LogP contribution in [-0.2, 0) is 11.6 Å². The summed E-state index contributed by atoms with van der Waals surface area (Å²) >= 11 is 6.03. The van der Waals surface area contributed by atoms with Crippen molar-refractivity contribution in [1.29, 1.82) is 0 Å². The molecule has 4 aromatic rings. The fourth-order valence-corrected chi connectivity index (χ4v) is 4.91. The van der Waals surface area contributed by atoms with Crippen molar-refractivity contribution in [1.82, 2.24) is 5.01 Å². The second-order valence-electron chi connectivity index (χ2n) is 9.27. The Hall–Kier alpha value is -4.10. The Bertz CT molecular complexity index is 1490. The number of carbonyl (C=O) groups is 1. The number of hydrogen-bond donors (Lipinski definition) is 1. The van der Waals surface area contributed by atoms with E-state index < -0.39 is 28.2 Å². The average Bonchev–Trinajstić information content (AvgIpc) is 3.28. The number of hydrogen-bond acceptors (Lipinski definition) is 2. The molecule has 0 saturated heterocycles. The topological polar surface area (TPSA) is 44.7 Å². The lowest BCUT2D eigenvalue weighted by Crippen LogP contribution is -2.38. The summed E-state index contributed by atoms with van der Waals surface area (Å²) < 4.78 is 39.9. The normalized spacial score (nSPS) is 17.3. The number of hydrazone groups is 1. The number of halogens is 4. The van der Waals surface area contributed by atoms with E-state index in [-0.39, 0.29) is 6.54 Å². The quantitative estimate of drug-likeness (QED) is 0.282. The highest BCUT2D eigenvalue weighted by molar-refractivity contribution is 6.32. The smallest absolute Gasteiger partial charge is 0.306 e. The van der Waals surface area contributed by atoms with Crippen molar-refractivity contribution < 1.29 is 18.0 Å². The minimum Gasteiger partial charge on any atom is -0.306 e. The molecule has 0 fully saturated rings. The highest BCUT2D eigenvalue weighted by Crippen LogP contribution is 2.39. The predicted octanol–water partition coefficient (Wildman–Crippen LogP) is 8.24. The van der Waals surface area contributed by atoms with Gasteiger partial charge in [0.2, 0.25) is 0 Å². The Labute approximate surface area is 223 Å². The number of rotatable bonds is 4. The summed E-state index contributed by atoms with van der Waals surface area (Å²) in [6, 6.07) is 29.9. The van der Waals surface area contributed by atoms with E-state index in [2.05, 4.69) is 10.4 Å². The Morgan fingerprint density at radius 1 is 0.868 bits per heavy atom. The largest absolute Gasteiger partial charge is 0.417 e. The molecule has 0 aromatic heterocycles. The number of nitrogens with one attached hydrogen (secondary N) is 1. The van der Waals surface area contributed by atoms with E-state index in [0.29, 0.717) is 17.0 Å². The molecule has 2 amide bonds. The molecule has 192 valence electrons. The van der Waals surface area contributed by atoms with Crippen LogP contribution in [0.4, 0.5) is 23.7 Å². The fraction of sp³-hybridized carbons (Fsp3) is 0.133. The summed E-state index contributed by atoms with van der Waals surface area (Å²) in [6.45, 7) is 2.10. The predicted molar refractivity (Wildman–Crippen MR) is 144 cm³/mol. The third-order valence-electron chi connectivity index (χ3n) is 6.65. The summed E-state index contributed by atoms with van der Waals surface area (Å²) in [7, 11) is 0. The van der Waals surface area contributed by atoms with Gasteiger partial charge in [0.1, 0.15) is 0 Å². The van der Waals surface area contributed by atoms with Gasteiger partial charge in [-0.25, -0.2) is 9.80 Å². The summed E-state index contributed by atoms with van der Waals surface area (Å²) in [5, 5.41) is 8.33. The molecule has 0 spiro atoms. The van der Waals surface area contributed by atoms with E-state index in [4.69, 9.17) is 11.6 Å². The Morgan fingerprint density at radius 3 is 2.05 bits per heavy atom. The molecule has 0 radical (unpaired) electrons. The molecule has 4 nitrogen and oxygen atoms in total. The second kappa shape index (κ2) is 9.99. The van der Waals surface area contributed by atoms with Crippen LogP contribution in [0.15, 0.2) is 108 Å². The van der Waals surface area contributed by atoms with Gasteiger partial charge in [-0.15, -0.1) is 0 Å². The summed E-state index contributed by atoms with van der Waals surface area (Å²) in [4.78, 5) is 13.3. The molecule has 0 bridgehead atoms. The van der Waals surface area contributed by atoms with Crippen molar-refractivity contribution in [3.8, 4) is 11.1 Å². The van der Waals surface area contributed by atoms with E-state index in [0.717, 1.165) is 22.8 Å². The molecule has 1 aliphatic rings. The van der Waals surface area contributed by atoms with Crippen LogP contribution in [0.5, 0.6) is 0 Å². The highest BCUT2D eigenvalue weighted by atomic mass is 35.5. The van der Waals surface area contributed by atoms with Crippen molar-refractivity contribution in [3.63, 3.8) is 0 Å². The molecule has 4 aromatic carbocycles. The SMILES string of the molecule is CC1(c2ccccc2)CN(C(=O)Nc2ccc(-c3ccccc3)cc2)N=C1c1ccc(C(F)(F)F)c(Cl)c1. The number of nitrogens with zero attached hydrogens (tertiary/aromatic N) is 2. The molecule has 38 heavy (non-hydrogen) atoms. The molecular formula is C30H23ClF3N3O. The molecule has 5 rings (SSSR count). The third kappa shape index (κ3) is 5.02. The van der Waals surface area contributed by atoms with Gasteiger partial charge in [0.05, 0.1) is 28.3 Å². The van der Waals surface area contributed by atoms with Crippen molar-refractivity contribution in [2.75, 3.05) is 11.9 Å². The maximum atomic E-state index is 13.3. The molecule has 1 unspecified atom stereocenters. The maximum absolute atomic E-state index is 13.3. The zero-order valence-electron chi connectivity index (χ0n) is 20.3. The van der Waals surface area contributed by atoms with Gasteiger partial charge in [0, 0.05) is 11.3 Å². The number of anilines is 1. The zero-order valence-corrected chi connectivity index (χ0v) is 21.1. The third-order valence-corrected chi connectivity index (χ3v) is 6.96. The van der Waals surface area contributed by atoms with Crippen LogP contribution in [0.2, 0.25) is 5.02 Å². The molecule has 1 heterocycles. The Kier molecular flexibility index (Phi) is 6.71. The van der Waals surface area contributed by atoms with Crippen molar-refractivity contribution in [3.05, 3.63) is 125 Å². The van der Waals surface area contributed by atoms with Gasteiger partial charge in [-0.1, -0.05) is 90.5 Å². The molecule has 1 atom stereocenters. The first-order chi connectivity index (χ1) is 18.1. The molecule has 1 N–H and O–H groups in total. The van der Waals surface area contributed by atoms with Crippen LogP contribution < -0.4 is 5.32 Å². The minimum absolute atomic E-state index is 0.193. The molecule has 8 heteroatoms. The monoisotopic (exact) mass is 533 g/mol. The molecule has 0 saturated carbocycles. The standard InChI is InChI=1S/C30H23ClF3N3O/c1-29(23-10-6-3-7-11-23)19-37(36-27(29)22-14-17-25(26(31)18-22)30(32,33)34)28(38)35-24-15-12-21(13-16-24)20-8-4-2-5-9-20/h2-18H,19H2,1H3,(H,35,38). The van der Waals surface area contributed by atoms with Crippen molar-refractivity contribution in [2.45, 2.75) is 18.5 Å². The van der Waals surface area contributed by atoms with Gasteiger partial charge in [0.25, 0.3) is 0 Å². The van der Waals surface area contributed by atoms with Crippen LogP contribution in [0.25, 0.3) is 11.1 Å². The van der Waals surface area contributed by atoms with Gasteiger partial charge in [0.15, 0.2) is 0 Å². The van der Waals surface area contributed by atoms with E-state index >= 15 is 0 Å². The Morgan fingerprint density at radius 2 is 1.45 bits per heavy atom. The molecule has 1 aliphatic heterocycles. The lowest BCUT2D eigenvalue weighted by Gasteiger charge is -2.27. The average molecular weight is 534 g/mol. The summed E-state index contributed by atoms with van der Waals surface area (Å²) in [6.07, 6.45) is -4.57. The second-order valence-corrected chi connectivity index (χ2v) is 9.68. The van der Waals surface area contributed by atoms with Gasteiger partial charge in [-0.2, -0.15) is 18.3 Å². The van der Waals surface area contributed by atoms with Gasteiger partial charge in [-0.05, 0) is 47.9 Å². The van der Waals surface area contributed by atoms with Crippen molar-refractivity contribution in [2.24, 2.45) is 5.10 Å². The number of carbonyl (C=O) groups excluding carboxylic acids is 1. The van der Waals surface area contributed by atoms with Crippen LogP contribution in [0, 0.1) is 0 Å². The highest BCUT2D eigenvalue weighted by Gasteiger charge is 2.43. The number of benzene rings is 4. The van der Waals surface area contributed by atoms with Crippen LogP contribution in [0.1, 0.15) is 23.6 Å². The zero-order chi connectivity index (χ0) is 26.9. The number of amides is 2. The Balaban J connectivity index is 1.44. The van der Waals surface area contributed by atoms with Crippen LogP contribution >= 0.6 is 11.6 Å². The van der Waals surface area contributed by atoms with Gasteiger partial charge in [-0.3, -0.25) is 0 Å². The fourth-order valence-electron chi connectivity index (χ4n) is 4.63. The van der Waals surface area contributed by atoms with Gasteiger partial charge >= 0.3 is 12.2 Å². The van der Waals surface area contributed by atoms with E-state index in [1.807, 2.05) is 91.9 Å². The van der Waals surface area contributed by atoms with E-state index in [1.54, 1.807) is 0 Å². The first-order valence-electron chi connectivity index (χ1n) is 11.9. The molecule has 0 aliphatic carbocycles. The lowest BCUT2D eigenvalue weighted by atomic mass is 9.76. The number of alkyl halides is 3. The first-order valence-corrected chi connectivity index (χ1v) is 12.3. The van der Waals surface area contributed by atoms with Crippen LogP contribution in [0.3, 0.4) is 0 Å². The maximum Gasteiger partial charge on any atom is 0.417 e. The number of urea groups is 1. The van der Waals surface area contributed by atoms with E-state index in [9.17, 15) is 18.0 Å². The van der Waals surface area contributed by atoms with Crippen molar-refractivity contribution >= 4 is 29.0 Å². The summed E-state index contributed by atoms with van der Waals surface area (Å²) in [5.74, 6) is 0. The van der Waals surface area contributed by atoms with Gasteiger partial charge < -0.3 is 5.32 Å².